The van der Waals surface area contributed by atoms with Gasteiger partial charge in [-0.15, -0.1) is 0 Å². The van der Waals surface area contributed by atoms with Crippen molar-refractivity contribution in [2.24, 2.45) is 0 Å². The highest BCUT2D eigenvalue weighted by Crippen LogP contribution is 2.35. The van der Waals surface area contributed by atoms with Crippen molar-refractivity contribution in [2.75, 3.05) is 13.2 Å². The molecule has 0 aromatic heterocycles. The van der Waals surface area contributed by atoms with Gasteiger partial charge in [0.2, 0.25) is 0 Å². The van der Waals surface area contributed by atoms with E-state index in [-0.39, 0.29) is 0 Å². The van der Waals surface area contributed by atoms with Gasteiger partial charge < -0.3 is 20.0 Å². The zero-order valence-corrected chi connectivity index (χ0v) is 17.8. The highest BCUT2D eigenvalue weighted by atomic mass is 31.2. The second-order valence-electron chi connectivity index (χ2n) is 6.87. The van der Waals surface area contributed by atoms with E-state index in [1.807, 2.05) is 0 Å². The summed E-state index contributed by atoms with van der Waals surface area (Å²) in [5, 5.41) is 16.7. The molecule has 0 aromatic rings. The standard InChI is InChI=1S/C16H34.C3H9O6P/c1-3-5-7-9-11-13-15-16-14-12-10-8-6-4-2;4-1-3(5)2-9-10(6,7)8/h3-16H2,1-2H3;3-5H,1-2H2,(H2,6,7,8). The maximum Gasteiger partial charge on any atom is 0.469 e. The van der Waals surface area contributed by atoms with Gasteiger partial charge in [-0.2, -0.15) is 0 Å². The van der Waals surface area contributed by atoms with E-state index in [2.05, 4.69) is 18.4 Å². The Hall–Kier alpha value is 0.0300. The molecular formula is C19H43O6P. The first-order chi connectivity index (χ1) is 12.4. The summed E-state index contributed by atoms with van der Waals surface area (Å²) in [6.45, 7) is 3.43. The van der Waals surface area contributed by atoms with Crippen molar-refractivity contribution in [2.45, 2.75) is 110 Å². The van der Waals surface area contributed by atoms with Crippen molar-refractivity contribution in [3.8, 4) is 0 Å². The van der Waals surface area contributed by atoms with Crippen molar-refractivity contribution in [3.63, 3.8) is 0 Å². The van der Waals surface area contributed by atoms with Crippen LogP contribution in [0.25, 0.3) is 0 Å². The number of unbranched alkanes of at least 4 members (excludes halogenated alkanes) is 13. The van der Waals surface area contributed by atoms with Gasteiger partial charge >= 0.3 is 7.82 Å². The van der Waals surface area contributed by atoms with E-state index in [0.717, 1.165) is 0 Å². The van der Waals surface area contributed by atoms with Crippen molar-refractivity contribution >= 4 is 7.82 Å². The molecule has 160 valence electrons. The van der Waals surface area contributed by atoms with Gasteiger partial charge in [-0.1, -0.05) is 104 Å². The molecule has 0 aromatic carbocycles. The van der Waals surface area contributed by atoms with E-state index >= 15 is 0 Å². The molecule has 4 N–H and O–H groups in total. The molecule has 0 saturated heterocycles. The summed E-state index contributed by atoms with van der Waals surface area (Å²) in [6.07, 6.45) is 19.2. The number of rotatable bonds is 17. The van der Waals surface area contributed by atoms with E-state index < -0.39 is 27.1 Å². The summed E-state index contributed by atoms with van der Waals surface area (Å²) in [4.78, 5) is 16.1. The predicted octanol–water partition coefficient (Wildman–Crippen LogP) is 4.94. The minimum atomic E-state index is -4.50. The predicted molar refractivity (Wildman–Crippen MR) is 107 cm³/mol. The Kier molecular flexibility index (Phi) is 23.2. The van der Waals surface area contributed by atoms with E-state index in [1.165, 1.54) is 89.9 Å². The quantitative estimate of drug-likeness (QED) is 0.204. The smallest absolute Gasteiger partial charge is 0.394 e. The first-order valence-corrected chi connectivity index (χ1v) is 11.9. The molecule has 0 heterocycles. The molecule has 0 rings (SSSR count). The molecular weight excluding hydrogens is 355 g/mol. The molecule has 6 nitrogen and oxygen atoms in total. The maximum atomic E-state index is 9.93. The van der Waals surface area contributed by atoms with Crippen LogP contribution in [-0.4, -0.2) is 39.3 Å². The fraction of sp³-hybridized carbons (Fsp3) is 1.00. The van der Waals surface area contributed by atoms with Gasteiger partial charge in [0.1, 0.15) is 6.10 Å². The summed E-state index contributed by atoms with van der Waals surface area (Å²) in [7, 11) is -4.50. The third kappa shape index (κ3) is 28.8. The molecule has 0 bridgehead atoms. The lowest BCUT2D eigenvalue weighted by atomic mass is 10.0. The summed E-state index contributed by atoms with van der Waals surface area (Å²) in [6, 6.07) is 0. The maximum absolute atomic E-state index is 9.93. The fourth-order valence-corrected chi connectivity index (χ4v) is 2.87. The van der Waals surface area contributed by atoms with Crippen LogP contribution in [0.4, 0.5) is 0 Å². The zero-order chi connectivity index (χ0) is 20.1. The van der Waals surface area contributed by atoms with Crippen molar-refractivity contribution < 1.29 is 29.1 Å². The first-order valence-electron chi connectivity index (χ1n) is 10.4. The third-order valence-corrected chi connectivity index (χ3v) is 4.59. The second kappa shape index (κ2) is 21.3. The van der Waals surface area contributed by atoms with Gasteiger partial charge in [-0.3, -0.25) is 4.52 Å². The minimum Gasteiger partial charge on any atom is -0.394 e. The topological polar surface area (TPSA) is 107 Å². The highest BCUT2D eigenvalue weighted by molar-refractivity contribution is 7.46. The molecule has 0 aliphatic rings. The summed E-state index contributed by atoms with van der Waals surface area (Å²) in [5.41, 5.74) is 0. The number of phosphoric acid groups is 1. The molecule has 0 saturated carbocycles. The number of aliphatic hydroxyl groups excluding tert-OH is 2. The van der Waals surface area contributed by atoms with E-state index in [0.29, 0.717) is 0 Å². The third-order valence-electron chi connectivity index (χ3n) is 4.10. The molecule has 0 aliphatic heterocycles. The molecule has 1 atom stereocenters. The Balaban J connectivity index is 0. The van der Waals surface area contributed by atoms with Crippen LogP contribution in [0.3, 0.4) is 0 Å². The van der Waals surface area contributed by atoms with Gasteiger partial charge in [-0.05, 0) is 0 Å². The van der Waals surface area contributed by atoms with Crippen LogP contribution in [0.2, 0.25) is 0 Å². The summed E-state index contributed by atoms with van der Waals surface area (Å²) >= 11 is 0. The van der Waals surface area contributed by atoms with Gasteiger partial charge in [0.05, 0.1) is 13.2 Å². The minimum absolute atomic E-state index is 0.569. The van der Waals surface area contributed by atoms with Crippen molar-refractivity contribution in [1.82, 2.24) is 0 Å². The Bertz CT molecular complexity index is 294. The van der Waals surface area contributed by atoms with Crippen LogP contribution in [0.5, 0.6) is 0 Å². The zero-order valence-electron chi connectivity index (χ0n) is 16.9. The molecule has 0 aliphatic carbocycles. The molecule has 1 unspecified atom stereocenters. The second-order valence-corrected chi connectivity index (χ2v) is 8.10. The molecule has 0 radical (unpaired) electrons. The lowest BCUT2D eigenvalue weighted by Gasteiger charge is -2.07. The average Bonchev–Trinajstić information content (AvgIpc) is 2.60. The van der Waals surface area contributed by atoms with Crippen LogP contribution in [0, 0.1) is 0 Å². The van der Waals surface area contributed by atoms with Crippen LogP contribution in [0.15, 0.2) is 0 Å². The first kappa shape index (κ1) is 28.2. The number of phosphoric ester groups is 1. The van der Waals surface area contributed by atoms with E-state index in [4.69, 9.17) is 20.0 Å². The summed E-state index contributed by atoms with van der Waals surface area (Å²) in [5.74, 6) is 0. The van der Waals surface area contributed by atoms with Gasteiger partial charge in [0, 0.05) is 0 Å². The van der Waals surface area contributed by atoms with Gasteiger partial charge in [-0.25, -0.2) is 4.57 Å². The monoisotopic (exact) mass is 398 g/mol. The highest BCUT2D eigenvalue weighted by Gasteiger charge is 2.15. The lowest BCUT2D eigenvalue weighted by Crippen LogP contribution is -2.18. The largest absolute Gasteiger partial charge is 0.469 e. The molecule has 0 amide bonds. The normalized spacial score (nSPS) is 12.5. The van der Waals surface area contributed by atoms with E-state index in [9.17, 15) is 4.57 Å². The van der Waals surface area contributed by atoms with Crippen LogP contribution < -0.4 is 0 Å². The molecule has 0 spiro atoms. The Morgan fingerprint density at radius 3 is 1.27 bits per heavy atom. The number of hydrogen-bond donors (Lipinski definition) is 4. The molecule has 7 heteroatoms. The molecule has 0 fully saturated rings. The molecule has 26 heavy (non-hydrogen) atoms. The van der Waals surface area contributed by atoms with Crippen LogP contribution in [-0.2, 0) is 9.09 Å². The van der Waals surface area contributed by atoms with Crippen LogP contribution in [0.1, 0.15) is 104 Å². The SMILES string of the molecule is CCCCCCCCCCCCCCCC.O=P(O)(O)OCC(O)CO. The number of aliphatic hydroxyl groups is 2. The van der Waals surface area contributed by atoms with Crippen molar-refractivity contribution in [1.29, 1.82) is 0 Å². The lowest BCUT2D eigenvalue weighted by molar-refractivity contribution is 0.0419. The van der Waals surface area contributed by atoms with Gasteiger partial charge in [0.25, 0.3) is 0 Å². The average molecular weight is 399 g/mol. The summed E-state index contributed by atoms with van der Waals surface area (Å²) < 4.78 is 13.8. The van der Waals surface area contributed by atoms with E-state index in [1.54, 1.807) is 0 Å². The van der Waals surface area contributed by atoms with Crippen molar-refractivity contribution in [3.05, 3.63) is 0 Å². The Morgan fingerprint density at radius 2 is 1.04 bits per heavy atom. The number of hydrogen-bond acceptors (Lipinski definition) is 4. The Morgan fingerprint density at radius 1 is 0.731 bits per heavy atom. The fourth-order valence-electron chi connectivity index (χ4n) is 2.50. The van der Waals surface area contributed by atoms with Crippen LogP contribution >= 0.6 is 7.82 Å². The van der Waals surface area contributed by atoms with Gasteiger partial charge in [0.15, 0.2) is 0 Å². The Labute approximate surface area is 160 Å².